The molecular formula is C14H18NO+. The Labute approximate surface area is 96.6 Å². The highest BCUT2D eigenvalue weighted by Crippen LogP contribution is 2.45. The molecule has 1 aromatic carbocycles. The predicted octanol–water partition coefficient (Wildman–Crippen LogP) is 2.48. The standard InChI is InChI=1S/C14H18NO/c1-11-14(7-9-16-10-8-14)12-5-3-4-6-13(12)15(11)2/h3-6H,7-10H2,1-2H3/q+1. The summed E-state index contributed by atoms with van der Waals surface area (Å²) in [5, 5.41) is 0. The first-order valence-electron chi connectivity index (χ1n) is 6.01. The quantitative estimate of drug-likeness (QED) is 0.607. The zero-order valence-corrected chi connectivity index (χ0v) is 9.99. The molecule has 1 aromatic rings. The topological polar surface area (TPSA) is 12.2 Å². The summed E-state index contributed by atoms with van der Waals surface area (Å²) in [6.45, 7) is 4.05. The molecule has 0 unspecified atom stereocenters. The molecule has 3 rings (SSSR count). The summed E-state index contributed by atoms with van der Waals surface area (Å²) in [5.41, 5.74) is 4.61. The largest absolute Gasteiger partial charge is 0.381 e. The van der Waals surface area contributed by atoms with Crippen LogP contribution in [-0.2, 0) is 10.2 Å². The van der Waals surface area contributed by atoms with Gasteiger partial charge in [0.05, 0.1) is 5.41 Å². The van der Waals surface area contributed by atoms with E-state index in [2.05, 4.69) is 42.8 Å². The normalized spacial score (nSPS) is 22.6. The van der Waals surface area contributed by atoms with Crippen LogP contribution < -0.4 is 0 Å². The van der Waals surface area contributed by atoms with Crippen LogP contribution >= 0.6 is 0 Å². The van der Waals surface area contributed by atoms with E-state index in [4.69, 9.17) is 4.74 Å². The van der Waals surface area contributed by atoms with Gasteiger partial charge < -0.3 is 4.74 Å². The fraction of sp³-hybridized carbons (Fsp3) is 0.500. The maximum atomic E-state index is 5.52. The molecule has 1 spiro atoms. The highest BCUT2D eigenvalue weighted by atomic mass is 16.5. The molecule has 2 heterocycles. The molecule has 1 saturated heterocycles. The maximum Gasteiger partial charge on any atom is 0.209 e. The molecule has 84 valence electrons. The Morgan fingerprint density at radius 2 is 1.88 bits per heavy atom. The van der Waals surface area contributed by atoms with Gasteiger partial charge in [-0.2, -0.15) is 0 Å². The lowest BCUT2D eigenvalue weighted by atomic mass is 9.72. The van der Waals surface area contributed by atoms with Crippen molar-refractivity contribution in [3.05, 3.63) is 29.8 Å². The predicted molar refractivity (Wildman–Crippen MR) is 64.7 cm³/mol. The Balaban J connectivity index is 2.19. The van der Waals surface area contributed by atoms with Gasteiger partial charge in [-0.15, -0.1) is 0 Å². The summed E-state index contributed by atoms with van der Waals surface area (Å²) < 4.78 is 7.87. The summed E-state index contributed by atoms with van der Waals surface area (Å²) >= 11 is 0. The van der Waals surface area contributed by atoms with Crippen molar-refractivity contribution >= 4 is 11.4 Å². The maximum absolute atomic E-state index is 5.52. The monoisotopic (exact) mass is 216 g/mol. The first-order valence-corrected chi connectivity index (χ1v) is 6.01. The van der Waals surface area contributed by atoms with E-state index >= 15 is 0 Å². The van der Waals surface area contributed by atoms with E-state index in [0.29, 0.717) is 0 Å². The van der Waals surface area contributed by atoms with E-state index in [-0.39, 0.29) is 5.41 Å². The van der Waals surface area contributed by atoms with Crippen molar-refractivity contribution in [3.63, 3.8) is 0 Å². The van der Waals surface area contributed by atoms with Gasteiger partial charge in [0.1, 0.15) is 7.05 Å². The molecular weight excluding hydrogens is 198 g/mol. The van der Waals surface area contributed by atoms with Crippen molar-refractivity contribution < 1.29 is 9.31 Å². The number of benzene rings is 1. The van der Waals surface area contributed by atoms with Crippen molar-refractivity contribution in [2.75, 3.05) is 20.3 Å². The van der Waals surface area contributed by atoms with Crippen molar-refractivity contribution in [3.8, 4) is 0 Å². The van der Waals surface area contributed by atoms with Gasteiger partial charge in [0.15, 0.2) is 5.71 Å². The second-order valence-electron chi connectivity index (χ2n) is 4.86. The smallest absolute Gasteiger partial charge is 0.209 e. The Hall–Kier alpha value is -1.15. The molecule has 2 aliphatic heterocycles. The van der Waals surface area contributed by atoms with Gasteiger partial charge in [-0.3, -0.25) is 0 Å². The molecule has 0 aliphatic carbocycles. The minimum atomic E-state index is 0.254. The molecule has 2 heteroatoms. The minimum Gasteiger partial charge on any atom is -0.381 e. The molecule has 0 saturated carbocycles. The fourth-order valence-electron chi connectivity index (χ4n) is 3.22. The van der Waals surface area contributed by atoms with Crippen LogP contribution in [0.25, 0.3) is 0 Å². The van der Waals surface area contributed by atoms with Crippen LogP contribution in [0.2, 0.25) is 0 Å². The molecule has 0 bridgehead atoms. The summed E-state index contributed by atoms with van der Waals surface area (Å²) in [6, 6.07) is 8.79. The third-order valence-electron chi connectivity index (χ3n) is 4.32. The Morgan fingerprint density at radius 3 is 2.62 bits per heavy atom. The van der Waals surface area contributed by atoms with E-state index in [1.54, 1.807) is 0 Å². The van der Waals surface area contributed by atoms with Crippen LogP contribution in [0.15, 0.2) is 24.3 Å². The van der Waals surface area contributed by atoms with Crippen molar-refractivity contribution in [2.45, 2.75) is 25.2 Å². The number of ether oxygens (including phenoxy) is 1. The molecule has 2 aliphatic rings. The zero-order valence-electron chi connectivity index (χ0n) is 9.99. The van der Waals surface area contributed by atoms with Crippen LogP contribution in [0.3, 0.4) is 0 Å². The summed E-state index contributed by atoms with van der Waals surface area (Å²) in [5.74, 6) is 0. The van der Waals surface area contributed by atoms with Gasteiger partial charge >= 0.3 is 0 Å². The summed E-state index contributed by atoms with van der Waals surface area (Å²) in [7, 11) is 2.18. The molecule has 0 radical (unpaired) electrons. The average Bonchev–Trinajstić information content (AvgIpc) is 2.55. The van der Waals surface area contributed by atoms with Crippen molar-refractivity contribution in [1.82, 2.24) is 0 Å². The van der Waals surface area contributed by atoms with Gasteiger partial charge in [0.2, 0.25) is 5.69 Å². The third-order valence-corrected chi connectivity index (χ3v) is 4.32. The molecule has 0 aromatic heterocycles. The highest BCUT2D eigenvalue weighted by Gasteiger charge is 2.49. The van der Waals surface area contributed by atoms with Crippen LogP contribution in [0.4, 0.5) is 5.69 Å². The van der Waals surface area contributed by atoms with Crippen LogP contribution in [0.1, 0.15) is 25.3 Å². The van der Waals surface area contributed by atoms with E-state index in [1.165, 1.54) is 17.0 Å². The average molecular weight is 216 g/mol. The van der Waals surface area contributed by atoms with E-state index < -0.39 is 0 Å². The lowest BCUT2D eigenvalue weighted by Crippen LogP contribution is -2.39. The SMILES string of the molecule is CC1=[N+](C)c2ccccc2C12CCOCC2. The number of hydrogen-bond acceptors (Lipinski definition) is 1. The van der Waals surface area contributed by atoms with Gasteiger partial charge in [0.25, 0.3) is 0 Å². The third kappa shape index (κ3) is 1.14. The lowest BCUT2D eigenvalue weighted by molar-refractivity contribution is -0.403. The van der Waals surface area contributed by atoms with Crippen LogP contribution in [0.5, 0.6) is 0 Å². The van der Waals surface area contributed by atoms with E-state index in [9.17, 15) is 0 Å². The molecule has 2 nitrogen and oxygen atoms in total. The second kappa shape index (κ2) is 3.42. The number of rotatable bonds is 0. The molecule has 16 heavy (non-hydrogen) atoms. The fourth-order valence-corrected chi connectivity index (χ4v) is 3.22. The van der Waals surface area contributed by atoms with E-state index in [1.807, 2.05) is 0 Å². The highest BCUT2D eigenvalue weighted by molar-refractivity contribution is 5.94. The Bertz CT molecular complexity index is 456. The second-order valence-corrected chi connectivity index (χ2v) is 4.86. The van der Waals surface area contributed by atoms with E-state index in [0.717, 1.165) is 26.1 Å². The lowest BCUT2D eigenvalue weighted by Gasteiger charge is -2.31. The van der Waals surface area contributed by atoms with Gasteiger partial charge in [-0.1, -0.05) is 18.2 Å². The number of fused-ring (bicyclic) bond motifs is 2. The first-order chi connectivity index (χ1) is 7.76. The van der Waals surface area contributed by atoms with Crippen molar-refractivity contribution in [2.24, 2.45) is 0 Å². The number of para-hydroxylation sites is 1. The summed E-state index contributed by atoms with van der Waals surface area (Å²) in [6.07, 6.45) is 2.25. The van der Waals surface area contributed by atoms with Crippen LogP contribution in [-0.4, -0.2) is 30.5 Å². The number of nitrogens with zero attached hydrogens (tertiary/aromatic N) is 1. The van der Waals surface area contributed by atoms with Gasteiger partial charge in [0, 0.05) is 31.8 Å². The zero-order chi connectivity index (χ0) is 11.2. The molecule has 0 amide bonds. The number of hydrogen-bond donors (Lipinski definition) is 0. The first kappa shape index (κ1) is 10.0. The van der Waals surface area contributed by atoms with Gasteiger partial charge in [-0.05, 0) is 12.8 Å². The molecule has 0 N–H and O–H groups in total. The Kier molecular flexibility index (Phi) is 2.15. The van der Waals surface area contributed by atoms with Gasteiger partial charge in [-0.25, -0.2) is 4.58 Å². The summed E-state index contributed by atoms with van der Waals surface area (Å²) in [4.78, 5) is 0. The molecule has 1 fully saturated rings. The van der Waals surface area contributed by atoms with Crippen molar-refractivity contribution in [1.29, 1.82) is 0 Å². The molecule has 0 atom stereocenters. The Morgan fingerprint density at radius 1 is 1.19 bits per heavy atom. The van der Waals surface area contributed by atoms with Crippen LogP contribution in [0, 0.1) is 0 Å². The minimum absolute atomic E-state index is 0.254.